The van der Waals surface area contributed by atoms with Crippen molar-refractivity contribution < 1.29 is 29.3 Å². The third-order valence-corrected chi connectivity index (χ3v) is 1.98. The largest absolute Gasteiger partial charge is 0.497 e. The molecule has 0 bridgehead atoms. The highest BCUT2D eigenvalue weighted by Crippen LogP contribution is 2.25. The van der Waals surface area contributed by atoms with E-state index in [-0.39, 0.29) is 5.75 Å². The van der Waals surface area contributed by atoms with Crippen LogP contribution in [0.1, 0.15) is 5.56 Å². The van der Waals surface area contributed by atoms with Crippen LogP contribution in [0.2, 0.25) is 0 Å². The summed E-state index contributed by atoms with van der Waals surface area (Å²) in [6, 6.07) is 4.69. The predicted octanol–water partition coefficient (Wildman–Crippen LogP) is 1.26. The SMILES string of the molecule is COc1ccc(C=CC(=O)O)c(OCC(=O)O)c1. The fourth-order valence-corrected chi connectivity index (χ4v) is 1.20. The highest BCUT2D eigenvalue weighted by molar-refractivity contribution is 5.86. The molecular formula is C12H12O6. The van der Waals surface area contributed by atoms with Crippen LogP contribution in [-0.2, 0) is 9.59 Å². The molecule has 1 aromatic rings. The van der Waals surface area contributed by atoms with E-state index in [0.717, 1.165) is 6.08 Å². The zero-order valence-electron chi connectivity index (χ0n) is 9.62. The summed E-state index contributed by atoms with van der Waals surface area (Å²) in [5.41, 5.74) is 0.458. The van der Waals surface area contributed by atoms with E-state index in [1.54, 1.807) is 12.1 Å². The summed E-state index contributed by atoms with van der Waals surface area (Å²) in [6.07, 6.45) is 2.26. The van der Waals surface area contributed by atoms with Crippen molar-refractivity contribution in [1.82, 2.24) is 0 Å². The molecule has 0 amide bonds. The topological polar surface area (TPSA) is 93.1 Å². The van der Waals surface area contributed by atoms with Crippen LogP contribution in [0.5, 0.6) is 11.5 Å². The molecule has 0 spiro atoms. The van der Waals surface area contributed by atoms with Crippen LogP contribution < -0.4 is 9.47 Å². The van der Waals surface area contributed by atoms with Crippen molar-refractivity contribution in [2.75, 3.05) is 13.7 Å². The lowest BCUT2D eigenvalue weighted by molar-refractivity contribution is -0.139. The molecule has 0 aromatic heterocycles. The van der Waals surface area contributed by atoms with Crippen LogP contribution in [0.15, 0.2) is 24.3 Å². The van der Waals surface area contributed by atoms with Gasteiger partial charge in [0.2, 0.25) is 0 Å². The Morgan fingerprint density at radius 3 is 2.61 bits per heavy atom. The standard InChI is InChI=1S/C12H12O6/c1-17-9-4-2-8(3-5-11(13)14)10(6-9)18-7-12(15)16/h2-6H,7H2,1H3,(H,13,14)(H,15,16). The fraction of sp³-hybridized carbons (Fsp3) is 0.167. The number of hydrogen-bond donors (Lipinski definition) is 2. The maximum Gasteiger partial charge on any atom is 0.341 e. The van der Waals surface area contributed by atoms with E-state index < -0.39 is 18.5 Å². The van der Waals surface area contributed by atoms with Crippen molar-refractivity contribution in [3.8, 4) is 11.5 Å². The molecule has 0 atom stereocenters. The number of carboxylic acid groups (broad SMARTS) is 2. The van der Waals surface area contributed by atoms with Gasteiger partial charge in [0.05, 0.1) is 7.11 Å². The van der Waals surface area contributed by atoms with Crippen molar-refractivity contribution in [2.24, 2.45) is 0 Å². The molecule has 6 heteroatoms. The van der Waals surface area contributed by atoms with E-state index in [4.69, 9.17) is 19.7 Å². The molecule has 96 valence electrons. The normalized spacial score (nSPS) is 10.3. The molecule has 1 aromatic carbocycles. The quantitative estimate of drug-likeness (QED) is 0.740. The number of hydrogen-bond acceptors (Lipinski definition) is 4. The molecule has 0 saturated carbocycles. The lowest BCUT2D eigenvalue weighted by Gasteiger charge is -2.09. The second kappa shape index (κ2) is 6.29. The molecule has 0 aliphatic carbocycles. The van der Waals surface area contributed by atoms with Gasteiger partial charge < -0.3 is 19.7 Å². The molecule has 18 heavy (non-hydrogen) atoms. The lowest BCUT2D eigenvalue weighted by Crippen LogP contribution is -2.10. The minimum Gasteiger partial charge on any atom is -0.497 e. The van der Waals surface area contributed by atoms with E-state index in [0.29, 0.717) is 11.3 Å². The van der Waals surface area contributed by atoms with Gasteiger partial charge in [-0.15, -0.1) is 0 Å². The van der Waals surface area contributed by atoms with E-state index in [9.17, 15) is 9.59 Å². The predicted molar refractivity (Wildman–Crippen MR) is 62.8 cm³/mol. The first-order chi connectivity index (χ1) is 8.52. The third-order valence-electron chi connectivity index (χ3n) is 1.98. The molecule has 0 heterocycles. The van der Waals surface area contributed by atoms with E-state index in [2.05, 4.69) is 0 Å². The average molecular weight is 252 g/mol. The van der Waals surface area contributed by atoms with E-state index in [1.165, 1.54) is 19.3 Å². The first-order valence-corrected chi connectivity index (χ1v) is 4.96. The van der Waals surface area contributed by atoms with Gasteiger partial charge in [-0.05, 0) is 18.2 Å². The monoisotopic (exact) mass is 252 g/mol. The molecule has 1 rings (SSSR count). The van der Waals surface area contributed by atoms with Gasteiger partial charge >= 0.3 is 11.9 Å². The van der Waals surface area contributed by atoms with E-state index in [1.807, 2.05) is 0 Å². The minimum atomic E-state index is -1.12. The Morgan fingerprint density at radius 1 is 1.33 bits per heavy atom. The summed E-state index contributed by atoms with van der Waals surface area (Å²) in [4.78, 5) is 20.9. The number of aliphatic carboxylic acids is 2. The van der Waals surface area contributed by atoms with Crippen LogP contribution in [0.4, 0.5) is 0 Å². The number of methoxy groups -OCH3 is 1. The highest BCUT2D eigenvalue weighted by Gasteiger charge is 2.06. The maximum atomic E-state index is 10.4. The molecule has 0 aliphatic rings. The van der Waals surface area contributed by atoms with E-state index >= 15 is 0 Å². The first kappa shape index (κ1) is 13.6. The Morgan fingerprint density at radius 2 is 2.06 bits per heavy atom. The Bertz CT molecular complexity index is 477. The van der Waals surface area contributed by atoms with Gasteiger partial charge in [-0.1, -0.05) is 0 Å². The van der Waals surface area contributed by atoms with Gasteiger partial charge in [-0.2, -0.15) is 0 Å². The Hall–Kier alpha value is -2.50. The summed E-state index contributed by atoms with van der Waals surface area (Å²) in [6.45, 7) is -0.513. The lowest BCUT2D eigenvalue weighted by atomic mass is 10.1. The summed E-state index contributed by atoms with van der Waals surface area (Å²) >= 11 is 0. The Kier molecular flexibility index (Phi) is 4.74. The zero-order chi connectivity index (χ0) is 13.5. The van der Waals surface area contributed by atoms with Gasteiger partial charge in [0.25, 0.3) is 0 Å². The van der Waals surface area contributed by atoms with Crippen LogP contribution in [0.3, 0.4) is 0 Å². The summed E-state index contributed by atoms with van der Waals surface area (Å²) in [5.74, 6) is -1.49. The van der Waals surface area contributed by atoms with Crippen LogP contribution in [0.25, 0.3) is 6.08 Å². The van der Waals surface area contributed by atoms with Crippen molar-refractivity contribution >= 4 is 18.0 Å². The average Bonchev–Trinajstić information content (AvgIpc) is 2.34. The third kappa shape index (κ3) is 4.17. The second-order valence-electron chi connectivity index (χ2n) is 3.26. The highest BCUT2D eigenvalue weighted by atomic mass is 16.5. The number of carbonyl (C=O) groups is 2. The zero-order valence-corrected chi connectivity index (χ0v) is 9.62. The first-order valence-electron chi connectivity index (χ1n) is 4.96. The van der Waals surface area contributed by atoms with Gasteiger partial charge in [0.15, 0.2) is 6.61 Å². The molecule has 0 saturated heterocycles. The number of rotatable bonds is 6. The van der Waals surface area contributed by atoms with Gasteiger partial charge in [0.1, 0.15) is 11.5 Å². The summed E-state index contributed by atoms with van der Waals surface area (Å²) in [7, 11) is 1.46. The minimum absolute atomic E-state index is 0.245. The van der Waals surface area contributed by atoms with Crippen LogP contribution in [0, 0.1) is 0 Å². The van der Waals surface area contributed by atoms with Crippen molar-refractivity contribution in [2.45, 2.75) is 0 Å². The smallest absolute Gasteiger partial charge is 0.341 e. The number of ether oxygens (including phenoxy) is 2. The number of carboxylic acids is 2. The van der Waals surface area contributed by atoms with Gasteiger partial charge in [-0.25, -0.2) is 9.59 Å². The van der Waals surface area contributed by atoms with Gasteiger partial charge in [-0.3, -0.25) is 0 Å². The number of benzene rings is 1. The van der Waals surface area contributed by atoms with Crippen molar-refractivity contribution in [3.05, 3.63) is 29.8 Å². The molecule has 0 fully saturated rings. The maximum absolute atomic E-state index is 10.4. The fourth-order valence-electron chi connectivity index (χ4n) is 1.20. The molecule has 0 unspecified atom stereocenters. The van der Waals surface area contributed by atoms with Gasteiger partial charge in [0, 0.05) is 17.7 Å². The molecule has 0 aliphatic heterocycles. The van der Waals surface area contributed by atoms with Crippen LogP contribution >= 0.6 is 0 Å². The van der Waals surface area contributed by atoms with Crippen LogP contribution in [-0.4, -0.2) is 35.9 Å². The Labute approximate surface area is 103 Å². The second-order valence-corrected chi connectivity index (χ2v) is 3.26. The molecule has 0 radical (unpaired) electrons. The molecule has 6 nitrogen and oxygen atoms in total. The Balaban J connectivity index is 2.99. The molecular weight excluding hydrogens is 240 g/mol. The van der Waals surface area contributed by atoms with Crippen molar-refractivity contribution in [1.29, 1.82) is 0 Å². The van der Waals surface area contributed by atoms with Crippen molar-refractivity contribution in [3.63, 3.8) is 0 Å². The summed E-state index contributed by atoms with van der Waals surface area (Å²) in [5, 5.41) is 17.1. The molecule has 2 N–H and O–H groups in total. The summed E-state index contributed by atoms with van der Waals surface area (Å²) < 4.78 is 10.0.